The second-order valence-electron chi connectivity index (χ2n) is 5.01. The lowest BCUT2D eigenvalue weighted by molar-refractivity contribution is -0.876. The Morgan fingerprint density at radius 2 is 1.60 bits per heavy atom. The second kappa shape index (κ2) is 4.58. The van der Waals surface area contributed by atoms with Crippen molar-refractivity contribution in [3.8, 4) is 0 Å². The van der Waals surface area contributed by atoms with E-state index in [0.29, 0.717) is 10.5 Å². The first-order chi connectivity index (χ1) is 6.88. The summed E-state index contributed by atoms with van der Waals surface area (Å²) in [5, 5.41) is 4.41. The number of rotatable bonds is 3. The molecule has 82 valence electrons. The van der Waals surface area contributed by atoms with Gasteiger partial charge < -0.3 is 0 Å². The Balaban J connectivity index is 2.77. The van der Waals surface area contributed by atoms with E-state index in [4.69, 9.17) is 0 Å². The lowest BCUT2D eigenvalue weighted by Gasteiger charge is -2.14. The Morgan fingerprint density at radius 3 is 2.00 bits per heavy atom. The number of hydrogen-bond donors (Lipinski definition) is 0. The van der Waals surface area contributed by atoms with Crippen molar-refractivity contribution in [2.75, 3.05) is 21.1 Å². The molecule has 0 heterocycles. The highest BCUT2D eigenvalue weighted by Crippen LogP contribution is 2.13. The fourth-order valence-corrected chi connectivity index (χ4v) is 1.21. The van der Waals surface area contributed by atoms with Crippen LogP contribution < -0.4 is 0 Å². The highest BCUT2D eigenvalue weighted by atomic mass is 15.6. The van der Waals surface area contributed by atoms with Gasteiger partial charge in [0.05, 0.1) is 27.4 Å². The summed E-state index contributed by atoms with van der Waals surface area (Å²) < 4.78 is 0.603. The van der Waals surface area contributed by atoms with Crippen LogP contribution in [0.2, 0.25) is 0 Å². The zero-order valence-electron chi connectivity index (χ0n) is 10.4. The van der Waals surface area contributed by atoms with E-state index in [9.17, 15) is 0 Å². The van der Waals surface area contributed by atoms with Crippen LogP contribution in [0.5, 0.6) is 0 Å². The summed E-state index contributed by atoms with van der Waals surface area (Å²) in [5.41, 5.74) is 2.53. The van der Waals surface area contributed by atoms with Crippen LogP contribution in [-0.4, -0.2) is 31.9 Å². The maximum absolute atomic E-state index is 4.41. The van der Waals surface area contributed by atoms with Gasteiger partial charge in [0, 0.05) is 0 Å². The number of quaternary nitrogens is 1. The average molecular weight is 205 g/mol. The molecule has 1 aromatic carbocycles. The zero-order valence-corrected chi connectivity index (χ0v) is 10.4. The van der Waals surface area contributed by atoms with Gasteiger partial charge >= 0.3 is 0 Å². The van der Waals surface area contributed by atoms with E-state index >= 15 is 0 Å². The van der Waals surface area contributed by atoms with Crippen LogP contribution in [0.1, 0.15) is 30.9 Å². The number of hydrogen-bond acceptors (Lipinski definition) is 1. The van der Waals surface area contributed by atoms with E-state index in [1.807, 2.05) is 27.4 Å². The first kappa shape index (κ1) is 11.9. The molecule has 0 atom stereocenters. The first-order valence-electron chi connectivity index (χ1n) is 5.35. The average Bonchev–Trinajstić information content (AvgIpc) is 2.14. The van der Waals surface area contributed by atoms with Gasteiger partial charge in [-0.15, -0.1) is 0 Å². The van der Waals surface area contributed by atoms with Gasteiger partial charge in [0.2, 0.25) is 0 Å². The molecule has 0 aromatic heterocycles. The molecule has 0 saturated carbocycles. The summed E-state index contributed by atoms with van der Waals surface area (Å²) in [6.45, 7) is 4.41. The Hall–Kier alpha value is -1.15. The molecular weight excluding hydrogens is 184 g/mol. The molecular formula is C13H21N2+. The van der Waals surface area contributed by atoms with E-state index in [-0.39, 0.29) is 0 Å². The second-order valence-corrected chi connectivity index (χ2v) is 5.01. The predicted octanol–water partition coefficient (Wildman–Crippen LogP) is 2.85. The van der Waals surface area contributed by atoms with Gasteiger partial charge in [-0.3, -0.25) is 0 Å². The van der Waals surface area contributed by atoms with Crippen molar-refractivity contribution in [2.45, 2.75) is 19.8 Å². The molecule has 2 heteroatoms. The normalized spacial score (nSPS) is 12.7. The van der Waals surface area contributed by atoms with E-state index in [1.165, 1.54) is 5.56 Å². The maximum Gasteiger partial charge on any atom is 0.0923 e. The van der Waals surface area contributed by atoms with Crippen molar-refractivity contribution >= 4 is 6.21 Å². The van der Waals surface area contributed by atoms with Gasteiger partial charge in [0.15, 0.2) is 0 Å². The van der Waals surface area contributed by atoms with E-state index in [0.717, 1.165) is 5.56 Å². The molecule has 0 aliphatic carbocycles. The van der Waals surface area contributed by atoms with E-state index in [2.05, 4.69) is 43.2 Å². The maximum atomic E-state index is 4.41. The van der Waals surface area contributed by atoms with Crippen molar-refractivity contribution in [2.24, 2.45) is 5.10 Å². The third kappa shape index (κ3) is 4.26. The number of benzene rings is 1. The fraction of sp³-hybridized carbons (Fsp3) is 0.462. The van der Waals surface area contributed by atoms with Crippen LogP contribution in [0.15, 0.2) is 29.4 Å². The molecule has 0 spiro atoms. The monoisotopic (exact) mass is 205 g/mol. The Bertz CT molecular complexity index is 329. The third-order valence-corrected chi connectivity index (χ3v) is 2.16. The minimum absolute atomic E-state index is 0.592. The number of nitrogens with zero attached hydrogens (tertiary/aromatic N) is 2. The minimum atomic E-state index is 0.592. The van der Waals surface area contributed by atoms with Gasteiger partial charge in [-0.2, -0.15) is 0 Å². The lowest BCUT2D eigenvalue weighted by atomic mass is 10.0. The molecule has 15 heavy (non-hydrogen) atoms. The standard InChI is InChI=1S/C13H21N2/c1-11(2)13-8-6-12(7-9-13)10-14-15(3,4)5/h6-11H,1-5H3/q+1/b14-10+. The van der Waals surface area contributed by atoms with E-state index in [1.54, 1.807) is 0 Å². The molecule has 0 N–H and O–H groups in total. The Labute approximate surface area is 92.8 Å². The molecule has 0 bridgehead atoms. The molecule has 1 aromatic rings. The van der Waals surface area contributed by atoms with Crippen LogP contribution in [0.3, 0.4) is 0 Å². The Kier molecular flexibility index (Phi) is 3.64. The zero-order chi connectivity index (χ0) is 11.5. The highest BCUT2D eigenvalue weighted by molar-refractivity contribution is 5.79. The molecule has 0 radical (unpaired) electrons. The van der Waals surface area contributed by atoms with Crippen molar-refractivity contribution in [3.63, 3.8) is 0 Å². The smallest absolute Gasteiger partial charge is 0.0923 e. The summed E-state index contributed by atoms with van der Waals surface area (Å²) in [6, 6.07) is 8.58. The van der Waals surface area contributed by atoms with E-state index < -0.39 is 0 Å². The van der Waals surface area contributed by atoms with Gasteiger partial charge in [-0.05, 0) is 17.0 Å². The first-order valence-corrected chi connectivity index (χ1v) is 5.35. The highest BCUT2D eigenvalue weighted by Gasteiger charge is 2.02. The molecule has 0 saturated heterocycles. The van der Waals surface area contributed by atoms with Gasteiger partial charge in [0.1, 0.15) is 0 Å². The van der Waals surface area contributed by atoms with Crippen molar-refractivity contribution in [3.05, 3.63) is 35.4 Å². The summed E-state index contributed by atoms with van der Waals surface area (Å²) in [6.07, 6.45) is 1.92. The van der Waals surface area contributed by atoms with Crippen LogP contribution >= 0.6 is 0 Å². The molecule has 0 amide bonds. The van der Waals surface area contributed by atoms with Crippen molar-refractivity contribution in [1.82, 2.24) is 0 Å². The molecule has 2 nitrogen and oxygen atoms in total. The fourth-order valence-electron chi connectivity index (χ4n) is 1.21. The summed E-state index contributed by atoms with van der Waals surface area (Å²) in [7, 11) is 6.12. The quantitative estimate of drug-likeness (QED) is 0.409. The summed E-state index contributed by atoms with van der Waals surface area (Å²) in [4.78, 5) is 0. The lowest BCUT2D eigenvalue weighted by Crippen LogP contribution is -2.27. The van der Waals surface area contributed by atoms with Crippen LogP contribution in [0.4, 0.5) is 0 Å². The van der Waals surface area contributed by atoms with Crippen molar-refractivity contribution in [1.29, 1.82) is 0 Å². The molecule has 0 aliphatic heterocycles. The van der Waals surface area contributed by atoms with Gasteiger partial charge in [0.25, 0.3) is 0 Å². The van der Waals surface area contributed by atoms with Crippen molar-refractivity contribution < 1.29 is 4.59 Å². The minimum Gasteiger partial charge on any atom is -0.205 e. The van der Waals surface area contributed by atoms with Crippen LogP contribution in [-0.2, 0) is 0 Å². The van der Waals surface area contributed by atoms with Crippen LogP contribution in [0.25, 0.3) is 0 Å². The topological polar surface area (TPSA) is 12.4 Å². The predicted molar refractivity (Wildman–Crippen MR) is 66.2 cm³/mol. The van der Waals surface area contributed by atoms with Gasteiger partial charge in [-0.25, -0.2) is 4.59 Å². The molecule has 1 rings (SSSR count). The largest absolute Gasteiger partial charge is 0.205 e. The van der Waals surface area contributed by atoms with Crippen LogP contribution in [0, 0.1) is 0 Å². The van der Waals surface area contributed by atoms with Gasteiger partial charge in [-0.1, -0.05) is 43.2 Å². The molecule has 0 unspecified atom stereocenters. The molecule has 0 aliphatic rings. The molecule has 0 fully saturated rings. The Morgan fingerprint density at radius 1 is 1.07 bits per heavy atom. The third-order valence-electron chi connectivity index (χ3n) is 2.16. The summed E-state index contributed by atoms with van der Waals surface area (Å²) >= 11 is 0. The SMILES string of the molecule is CC(C)c1ccc(/C=N/[N+](C)(C)C)cc1. The summed E-state index contributed by atoms with van der Waals surface area (Å²) in [5.74, 6) is 0.592.